The minimum absolute atomic E-state index is 0.657. The van der Waals surface area contributed by atoms with E-state index < -0.39 is 41.0 Å². The zero-order valence-electron chi connectivity index (χ0n) is 7.33. The standard InChI is InChI=1S/2C5H7.Sr/c2*1-3-5-4-2;/h2*1,3-5H,2H3;/b2*3-1?,5-4+;. The molecular formula is C10H14Sr. The molecule has 0 spiro atoms. The third-order valence-corrected chi connectivity index (χ3v) is 3.83. The maximum atomic E-state index is 2.34. The summed E-state index contributed by atoms with van der Waals surface area (Å²) in [5, 5.41) is 0. The van der Waals surface area contributed by atoms with Gasteiger partial charge in [-0.25, -0.2) is 0 Å². The van der Waals surface area contributed by atoms with Crippen molar-refractivity contribution in [1.82, 2.24) is 0 Å². The van der Waals surface area contributed by atoms with Crippen molar-refractivity contribution in [3.63, 3.8) is 0 Å². The van der Waals surface area contributed by atoms with Crippen LogP contribution in [-0.2, 0) is 0 Å². The molecule has 0 aliphatic rings. The first-order valence-corrected chi connectivity index (χ1v) is 7.99. The van der Waals surface area contributed by atoms with Crippen molar-refractivity contribution in [2.24, 2.45) is 0 Å². The van der Waals surface area contributed by atoms with Gasteiger partial charge in [0, 0.05) is 0 Å². The van der Waals surface area contributed by atoms with Crippen LogP contribution in [-0.4, -0.2) is 41.0 Å². The summed E-state index contributed by atoms with van der Waals surface area (Å²) in [6.07, 6.45) is 12.6. The quantitative estimate of drug-likeness (QED) is 0.506. The van der Waals surface area contributed by atoms with Crippen molar-refractivity contribution < 1.29 is 0 Å². The Hall–Kier alpha value is 0.441. The van der Waals surface area contributed by atoms with Gasteiger partial charge in [-0.2, -0.15) is 0 Å². The van der Waals surface area contributed by atoms with Gasteiger partial charge in [0.15, 0.2) is 0 Å². The zero-order chi connectivity index (χ0) is 8.36. The Balaban J connectivity index is 3.40. The molecule has 56 valence electrons. The average molecular weight is 222 g/mol. The molecule has 0 bridgehead atoms. The summed E-state index contributed by atoms with van der Waals surface area (Å²) in [6, 6.07) is 0. The molecule has 0 fully saturated rings. The van der Waals surface area contributed by atoms with Crippen molar-refractivity contribution in [2.45, 2.75) is 13.8 Å². The third-order valence-electron chi connectivity index (χ3n) is 1.15. The summed E-state index contributed by atoms with van der Waals surface area (Å²) in [5.74, 6) is 0. The summed E-state index contributed by atoms with van der Waals surface area (Å²) in [6.45, 7) is 4.07. The van der Waals surface area contributed by atoms with Gasteiger partial charge in [0.25, 0.3) is 0 Å². The summed E-state index contributed by atoms with van der Waals surface area (Å²) < 4.78 is 4.67. The van der Waals surface area contributed by atoms with Crippen molar-refractivity contribution in [3.05, 3.63) is 38.6 Å². The minimum atomic E-state index is -0.657. The Kier molecular flexibility index (Phi) is 10.9. The second-order valence-electron chi connectivity index (χ2n) is 2.14. The van der Waals surface area contributed by atoms with Crippen LogP contribution in [0.4, 0.5) is 0 Å². The fourth-order valence-electron chi connectivity index (χ4n) is 0.615. The van der Waals surface area contributed by atoms with Gasteiger partial charge in [0.2, 0.25) is 0 Å². The van der Waals surface area contributed by atoms with E-state index in [1.54, 1.807) is 0 Å². The van der Waals surface area contributed by atoms with E-state index in [-0.39, 0.29) is 0 Å². The normalized spacial score (nSPS) is 12.5. The molecule has 0 aromatic rings. The number of hydrogen-bond donors (Lipinski definition) is 0. The van der Waals surface area contributed by atoms with Crippen molar-refractivity contribution >= 4 is 41.0 Å². The van der Waals surface area contributed by atoms with Crippen LogP contribution in [0.25, 0.3) is 0 Å². The van der Waals surface area contributed by atoms with Gasteiger partial charge in [-0.05, 0) is 0 Å². The van der Waals surface area contributed by atoms with Gasteiger partial charge in [-0.1, -0.05) is 0 Å². The van der Waals surface area contributed by atoms with E-state index in [0.29, 0.717) is 0 Å². The van der Waals surface area contributed by atoms with E-state index in [1.165, 1.54) is 0 Å². The van der Waals surface area contributed by atoms with Gasteiger partial charge >= 0.3 is 93.4 Å². The number of allylic oxidation sites excluding steroid dienone is 6. The molecule has 1 heteroatoms. The molecule has 0 unspecified atom stereocenters. The molecular weight excluding hydrogens is 208 g/mol. The van der Waals surface area contributed by atoms with Crippen LogP contribution < -0.4 is 0 Å². The predicted octanol–water partition coefficient (Wildman–Crippen LogP) is 2.87. The van der Waals surface area contributed by atoms with Crippen LogP contribution in [0.1, 0.15) is 13.8 Å². The van der Waals surface area contributed by atoms with Gasteiger partial charge in [0.1, 0.15) is 0 Å². The zero-order valence-corrected chi connectivity index (χ0v) is 10.8. The van der Waals surface area contributed by atoms with Crippen molar-refractivity contribution in [2.75, 3.05) is 0 Å². The van der Waals surface area contributed by atoms with Crippen molar-refractivity contribution in [1.29, 1.82) is 0 Å². The molecule has 0 amide bonds. The summed E-state index contributed by atoms with van der Waals surface area (Å²) in [7, 11) is 0. The molecule has 0 aliphatic heterocycles. The topological polar surface area (TPSA) is 0 Å². The first-order valence-electron chi connectivity index (χ1n) is 3.97. The van der Waals surface area contributed by atoms with Gasteiger partial charge in [0.05, 0.1) is 0 Å². The van der Waals surface area contributed by atoms with Crippen LogP contribution in [0, 0.1) is 0 Å². The Labute approximate surface area is 92.1 Å². The van der Waals surface area contributed by atoms with Gasteiger partial charge in [-0.3, -0.25) is 0 Å². The van der Waals surface area contributed by atoms with Crippen LogP contribution in [0.2, 0.25) is 0 Å². The van der Waals surface area contributed by atoms with Crippen LogP contribution >= 0.6 is 0 Å². The Morgan fingerprint density at radius 3 is 1.55 bits per heavy atom. The van der Waals surface area contributed by atoms with Crippen LogP contribution in [0.15, 0.2) is 38.6 Å². The predicted molar refractivity (Wildman–Crippen MR) is 53.7 cm³/mol. The first-order chi connectivity index (χ1) is 5.41. The van der Waals surface area contributed by atoms with E-state index in [9.17, 15) is 0 Å². The molecule has 11 heavy (non-hydrogen) atoms. The fourth-order valence-corrected chi connectivity index (χ4v) is 2.55. The number of rotatable bonds is 4. The van der Waals surface area contributed by atoms with E-state index in [2.05, 4.69) is 38.6 Å². The first kappa shape index (κ1) is 11.4. The molecule has 0 N–H and O–H groups in total. The molecule has 0 nitrogen and oxygen atoms in total. The molecule has 0 aromatic carbocycles. The van der Waals surface area contributed by atoms with E-state index in [0.717, 1.165) is 0 Å². The Bertz CT molecular complexity index is 153. The average Bonchev–Trinajstić information content (AvgIpc) is 2.03. The Morgan fingerprint density at radius 1 is 0.727 bits per heavy atom. The second-order valence-corrected chi connectivity index (χ2v) is 5.62. The van der Waals surface area contributed by atoms with E-state index in [1.807, 2.05) is 13.8 Å². The molecule has 0 aromatic heterocycles. The van der Waals surface area contributed by atoms with E-state index >= 15 is 0 Å². The van der Waals surface area contributed by atoms with Crippen molar-refractivity contribution in [3.8, 4) is 0 Å². The SMILES string of the molecule is C/C=C/C=[CH]/[Sr]/[CH]=C/C=C/C. The second kappa shape index (κ2) is 10.4. The summed E-state index contributed by atoms with van der Waals surface area (Å²) in [4.78, 5) is 0. The van der Waals surface area contributed by atoms with Crippen LogP contribution in [0.3, 0.4) is 0 Å². The molecule has 0 aliphatic carbocycles. The van der Waals surface area contributed by atoms with Crippen LogP contribution in [0.5, 0.6) is 0 Å². The Morgan fingerprint density at radius 2 is 1.18 bits per heavy atom. The molecule has 0 atom stereocenters. The maximum absolute atomic E-state index is 2.34. The fraction of sp³-hybridized carbons (Fsp3) is 0.200. The summed E-state index contributed by atoms with van der Waals surface area (Å²) in [5.41, 5.74) is 0. The molecule has 0 saturated heterocycles. The molecule has 0 radical (unpaired) electrons. The molecule has 0 saturated carbocycles. The molecule has 0 heterocycles. The number of hydrogen-bond acceptors (Lipinski definition) is 0. The third kappa shape index (κ3) is 10.4. The molecule has 0 rings (SSSR count). The van der Waals surface area contributed by atoms with E-state index in [4.69, 9.17) is 0 Å². The monoisotopic (exact) mass is 222 g/mol. The summed E-state index contributed by atoms with van der Waals surface area (Å²) >= 11 is -0.657. The van der Waals surface area contributed by atoms with Gasteiger partial charge < -0.3 is 0 Å². The van der Waals surface area contributed by atoms with Gasteiger partial charge in [-0.15, -0.1) is 0 Å².